The van der Waals surface area contributed by atoms with E-state index in [2.05, 4.69) is 10.2 Å². The molecule has 0 aliphatic carbocycles. The average Bonchev–Trinajstić information content (AvgIpc) is 3.37. The maximum atomic E-state index is 13.9. The van der Waals surface area contributed by atoms with Crippen LogP contribution in [0.25, 0.3) is 11.5 Å². The Kier molecular flexibility index (Phi) is 7.61. The minimum absolute atomic E-state index is 0.0714. The lowest BCUT2D eigenvalue weighted by molar-refractivity contribution is -0.320. The fourth-order valence-corrected chi connectivity index (χ4v) is 4.65. The molecule has 8 nitrogen and oxygen atoms in total. The first-order valence-electron chi connectivity index (χ1n) is 11.5. The highest BCUT2D eigenvalue weighted by Crippen LogP contribution is 2.43. The summed E-state index contributed by atoms with van der Waals surface area (Å²) in [6, 6.07) is 11.3. The first kappa shape index (κ1) is 27.1. The van der Waals surface area contributed by atoms with Crippen molar-refractivity contribution in [2.75, 3.05) is 27.2 Å². The molecule has 2 aromatic carbocycles. The SMILES string of the molecule is CN(C)C(=O)c1ccc(-c2nnc(C3CCN(C(O)[C@](O)(c4ccccc4)C(F)(F)F)CC3)o2)cc1Cl. The highest BCUT2D eigenvalue weighted by Gasteiger charge is 2.61. The van der Waals surface area contributed by atoms with Crippen molar-refractivity contribution in [1.29, 1.82) is 0 Å². The van der Waals surface area contributed by atoms with Crippen LogP contribution in [-0.4, -0.2) is 75.7 Å². The summed E-state index contributed by atoms with van der Waals surface area (Å²) in [6.07, 6.45) is -6.63. The zero-order valence-corrected chi connectivity index (χ0v) is 20.9. The molecule has 0 saturated carbocycles. The minimum Gasteiger partial charge on any atom is -0.420 e. The van der Waals surface area contributed by atoms with E-state index < -0.39 is 23.6 Å². The molecule has 1 aromatic heterocycles. The van der Waals surface area contributed by atoms with Crippen LogP contribution in [0.3, 0.4) is 0 Å². The van der Waals surface area contributed by atoms with Gasteiger partial charge in [-0.1, -0.05) is 41.9 Å². The molecule has 12 heteroatoms. The molecule has 4 rings (SSSR count). The molecule has 0 spiro atoms. The van der Waals surface area contributed by atoms with Crippen LogP contribution < -0.4 is 0 Å². The summed E-state index contributed by atoms with van der Waals surface area (Å²) < 4.78 is 47.6. The number of halogens is 4. The number of piperidine rings is 1. The molecule has 1 fully saturated rings. The van der Waals surface area contributed by atoms with Crippen molar-refractivity contribution in [1.82, 2.24) is 20.0 Å². The largest absolute Gasteiger partial charge is 0.425 e. The monoisotopic (exact) mass is 538 g/mol. The molecule has 1 unspecified atom stereocenters. The van der Waals surface area contributed by atoms with E-state index in [-0.39, 0.29) is 35.8 Å². The van der Waals surface area contributed by atoms with Crippen LogP contribution in [0.4, 0.5) is 13.2 Å². The third-order valence-corrected chi connectivity index (χ3v) is 6.85. The summed E-state index contributed by atoms with van der Waals surface area (Å²) in [4.78, 5) is 14.8. The van der Waals surface area contributed by atoms with Crippen LogP contribution in [-0.2, 0) is 5.60 Å². The first-order valence-corrected chi connectivity index (χ1v) is 11.9. The third kappa shape index (κ3) is 5.22. The van der Waals surface area contributed by atoms with E-state index >= 15 is 0 Å². The first-order chi connectivity index (χ1) is 17.4. The molecule has 2 heterocycles. The van der Waals surface area contributed by atoms with Gasteiger partial charge in [0, 0.05) is 38.7 Å². The molecule has 2 N–H and O–H groups in total. The third-order valence-electron chi connectivity index (χ3n) is 6.54. The van der Waals surface area contributed by atoms with E-state index in [9.17, 15) is 28.2 Å². The number of aliphatic hydroxyl groups excluding tert-OH is 1. The van der Waals surface area contributed by atoms with Gasteiger partial charge in [-0.3, -0.25) is 9.69 Å². The molecule has 1 aliphatic heterocycles. The highest BCUT2D eigenvalue weighted by molar-refractivity contribution is 6.34. The van der Waals surface area contributed by atoms with Crippen molar-refractivity contribution in [3.63, 3.8) is 0 Å². The number of hydrogen-bond acceptors (Lipinski definition) is 7. The van der Waals surface area contributed by atoms with Gasteiger partial charge in [-0.2, -0.15) is 13.2 Å². The predicted molar refractivity (Wildman–Crippen MR) is 129 cm³/mol. The molecule has 198 valence electrons. The zero-order chi connectivity index (χ0) is 27.0. The topological polar surface area (TPSA) is 103 Å². The number of benzene rings is 2. The quantitative estimate of drug-likeness (QED) is 0.488. The minimum atomic E-state index is -5.10. The van der Waals surface area contributed by atoms with Gasteiger partial charge in [-0.25, -0.2) is 0 Å². The van der Waals surface area contributed by atoms with Gasteiger partial charge in [0.25, 0.3) is 5.91 Å². The summed E-state index contributed by atoms with van der Waals surface area (Å²) in [5.41, 5.74) is -3.03. The lowest BCUT2D eigenvalue weighted by Crippen LogP contribution is -2.59. The van der Waals surface area contributed by atoms with Gasteiger partial charge in [0.05, 0.1) is 10.6 Å². The molecule has 0 bridgehead atoms. The van der Waals surface area contributed by atoms with Crippen LogP contribution in [0.5, 0.6) is 0 Å². The highest BCUT2D eigenvalue weighted by atomic mass is 35.5. The van der Waals surface area contributed by atoms with Crippen LogP contribution in [0.15, 0.2) is 52.9 Å². The van der Waals surface area contributed by atoms with Gasteiger partial charge in [0.15, 0.2) is 0 Å². The fourth-order valence-electron chi connectivity index (χ4n) is 4.39. The second-order valence-electron chi connectivity index (χ2n) is 9.15. The number of carbonyl (C=O) groups is 1. The van der Waals surface area contributed by atoms with Gasteiger partial charge in [-0.15, -0.1) is 10.2 Å². The molecular weight excluding hydrogens is 513 g/mol. The molecule has 2 atom stereocenters. The maximum absolute atomic E-state index is 13.9. The van der Waals surface area contributed by atoms with Gasteiger partial charge in [-0.05, 0) is 36.6 Å². The van der Waals surface area contributed by atoms with Crippen molar-refractivity contribution in [2.45, 2.75) is 36.8 Å². The van der Waals surface area contributed by atoms with Crippen molar-refractivity contribution < 1.29 is 32.6 Å². The number of aromatic nitrogens is 2. The second-order valence-corrected chi connectivity index (χ2v) is 9.56. The van der Waals surface area contributed by atoms with Gasteiger partial charge < -0.3 is 19.5 Å². The molecule has 37 heavy (non-hydrogen) atoms. The predicted octanol–water partition coefficient (Wildman–Crippen LogP) is 4.04. The molecular formula is C25H26ClF3N4O4. The van der Waals surface area contributed by atoms with E-state index in [1.54, 1.807) is 32.3 Å². The Labute approximate surface area is 216 Å². The van der Waals surface area contributed by atoms with Crippen molar-refractivity contribution in [3.8, 4) is 11.5 Å². The zero-order valence-electron chi connectivity index (χ0n) is 20.1. The number of amides is 1. The van der Waals surface area contributed by atoms with E-state index in [0.29, 0.717) is 29.9 Å². The molecule has 1 saturated heterocycles. The molecule has 0 radical (unpaired) electrons. The van der Waals surface area contributed by atoms with Crippen LogP contribution >= 0.6 is 11.6 Å². The molecule has 1 aliphatic rings. The van der Waals surface area contributed by atoms with E-state index in [1.165, 1.54) is 28.0 Å². The molecule has 1 amide bonds. The lowest BCUT2D eigenvalue weighted by Gasteiger charge is -2.43. The van der Waals surface area contributed by atoms with Crippen LogP contribution in [0, 0.1) is 0 Å². The number of carbonyl (C=O) groups excluding carboxylic acids is 1. The summed E-state index contributed by atoms with van der Waals surface area (Å²) >= 11 is 6.27. The number of aliphatic hydroxyl groups is 2. The summed E-state index contributed by atoms with van der Waals surface area (Å²) in [5, 5.41) is 29.7. The van der Waals surface area contributed by atoms with Crippen LogP contribution in [0.2, 0.25) is 5.02 Å². The van der Waals surface area contributed by atoms with Crippen LogP contribution in [0.1, 0.15) is 40.6 Å². The Morgan fingerprint density at radius 1 is 1.14 bits per heavy atom. The number of rotatable bonds is 6. The number of likely N-dealkylation sites (tertiary alicyclic amines) is 1. The lowest BCUT2D eigenvalue weighted by atomic mass is 9.88. The van der Waals surface area contributed by atoms with E-state index in [0.717, 1.165) is 12.1 Å². The molecule has 3 aromatic rings. The Balaban J connectivity index is 1.46. The smallest absolute Gasteiger partial charge is 0.420 e. The van der Waals surface area contributed by atoms with E-state index in [1.807, 2.05) is 0 Å². The Morgan fingerprint density at radius 2 is 1.78 bits per heavy atom. The summed E-state index contributed by atoms with van der Waals surface area (Å²) in [6.45, 7) is 0.143. The number of hydrogen-bond donors (Lipinski definition) is 2. The van der Waals surface area contributed by atoms with Gasteiger partial charge in [0.2, 0.25) is 17.4 Å². The second kappa shape index (κ2) is 10.4. The summed E-state index contributed by atoms with van der Waals surface area (Å²) in [7, 11) is 3.24. The number of nitrogens with zero attached hydrogens (tertiary/aromatic N) is 4. The summed E-state index contributed by atoms with van der Waals surface area (Å²) in [5.74, 6) is 0.00783. The fraction of sp³-hybridized carbons (Fsp3) is 0.400. The Bertz CT molecular complexity index is 1250. The van der Waals surface area contributed by atoms with Crippen molar-refractivity contribution in [3.05, 3.63) is 70.6 Å². The normalized spacial score (nSPS) is 17.8. The van der Waals surface area contributed by atoms with Crippen molar-refractivity contribution >= 4 is 17.5 Å². The standard InChI is InChI=1S/C25H26ClF3N4O4/c1-32(2)22(34)18-9-8-16(14-19(18)26)21-31-30-20(37-21)15-10-12-33(13-11-15)23(35)24(36,25(27,28)29)17-6-4-3-5-7-17/h3-9,14-15,23,35-36H,10-13H2,1-2H3/t23?,24-/m1/s1. The van der Waals surface area contributed by atoms with Crippen molar-refractivity contribution in [2.24, 2.45) is 0 Å². The van der Waals surface area contributed by atoms with E-state index in [4.69, 9.17) is 16.0 Å². The average molecular weight is 539 g/mol. The van der Waals surface area contributed by atoms with Gasteiger partial charge in [0.1, 0.15) is 6.23 Å². The van der Waals surface area contributed by atoms with Gasteiger partial charge >= 0.3 is 6.18 Å². The Morgan fingerprint density at radius 3 is 2.35 bits per heavy atom. The Hall–Kier alpha value is -2.99. The maximum Gasteiger partial charge on any atom is 0.425 e. The number of alkyl halides is 3.